The Balaban J connectivity index is 1.53. The van der Waals surface area contributed by atoms with Crippen molar-refractivity contribution in [1.29, 1.82) is 0 Å². The van der Waals surface area contributed by atoms with Crippen molar-refractivity contribution < 1.29 is 24.6 Å². The second-order valence-electron chi connectivity index (χ2n) is 9.41. The minimum absolute atomic E-state index is 0.00477. The van der Waals surface area contributed by atoms with Crippen LogP contribution in [0.25, 0.3) is 0 Å². The molecule has 0 unspecified atom stereocenters. The number of carbonyl (C=O) groups is 3. The van der Waals surface area contributed by atoms with Gasteiger partial charge in [0.25, 0.3) is 5.91 Å². The number of aliphatic hydroxyl groups is 2. The third-order valence-corrected chi connectivity index (χ3v) is 7.04. The Kier molecular flexibility index (Phi) is 7.90. The van der Waals surface area contributed by atoms with Gasteiger partial charge in [0.05, 0.1) is 12.3 Å². The average molecular weight is 504 g/mol. The summed E-state index contributed by atoms with van der Waals surface area (Å²) < 4.78 is 0. The quantitative estimate of drug-likeness (QED) is 0.363. The first-order valence-corrected chi connectivity index (χ1v) is 12.5. The average Bonchev–Trinajstić information content (AvgIpc) is 3.10. The van der Waals surface area contributed by atoms with E-state index in [0.717, 1.165) is 5.56 Å². The number of hydrogen-bond donors (Lipinski definition) is 2. The Hall–Kier alpha value is -3.75. The summed E-state index contributed by atoms with van der Waals surface area (Å²) in [6, 6.07) is 14.8. The first-order chi connectivity index (χ1) is 17.8. The molecule has 37 heavy (non-hydrogen) atoms. The Morgan fingerprint density at radius 1 is 1.22 bits per heavy atom. The predicted molar refractivity (Wildman–Crippen MR) is 142 cm³/mol. The number of aliphatic hydroxyl groups excluding tert-OH is 1. The van der Waals surface area contributed by atoms with Gasteiger partial charge in [-0.3, -0.25) is 14.4 Å². The molecule has 2 N–H and O–H groups in total. The van der Waals surface area contributed by atoms with Gasteiger partial charge in [-0.2, -0.15) is 0 Å². The fourth-order valence-corrected chi connectivity index (χ4v) is 4.86. The number of hydrogen-bond acceptors (Lipinski definition) is 5. The lowest BCUT2D eigenvalue weighted by atomic mass is 9.82. The molecule has 2 aromatic rings. The van der Waals surface area contributed by atoms with Gasteiger partial charge >= 0.3 is 0 Å². The maximum absolute atomic E-state index is 13.4. The predicted octanol–water partition coefficient (Wildman–Crippen LogP) is 2.75. The number of fused-ring (bicyclic) bond motifs is 1. The standard InChI is InChI=1S/C29H33N3O5/c1-3-15-32-25-13-12-23(31-16-14-27(31)35)19-24(25)29(37,28(32)36)21(2)8-7-11-26(34)30(17-18-33)20-22-9-5-4-6-10-22/h3-10,12-13,19,21,33,37H,1,11,14-18,20H2,2H3/b8-7+/t21-,29+/m0/s1. The number of benzene rings is 2. The van der Waals surface area contributed by atoms with Gasteiger partial charge in [0.1, 0.15) is 0 Å². The monoisotopic (exact) mass is 503 g/mol. The summed E-state index contributed by atoms with van der Waals surface area (Å²) in [6.07, 6.45) is 5.48. The second kappa shape index (κ2) is 11.1. The molecule has 2 heterocycles. The molecular formula is C29H33N3O5. The number of rotatable bonds is 11. The van der Waals surface area contributed by atoms with Crippen molar-refractivity contribution in [3.05, 3.63) is 84.5 Å². The van der Waals surface area contributed by atoms with Crippen LogP contribution in [0.3, 0.4) is 0 Å². The van der Waals surface area contributed by atoms with E-state index in [1.165, 1.54) is 4.90 Å². The van der Waals surface area contributed by atoms with Crippen LogP contribution in [-0.2, 0) is 26.5 Å². The molecule has 3 amide bonds. The van der Waals surface area contributed by atoms with Crippen molar-refractivity contribution in [2.75, 3.05) is 36.0 Å². The number of nitrogens with zero attached hydrogens (tertiary/aromatic N) is 3. The van der Waals surface area contributed by atoms with Crippen LogP contribution in [0.4, 0.5) is 11.4 Å². The molecule has 1 fully saturated rings. The van der Waals surface area contributed by atoms with E-state index in [2.05, 4.69) is 6.58 Å². The summed E-state index contributed by atoms with van der Waals surface area (Å²) in [4.78, 5) is 43.0. The number of carbonyl (C=O) groups excluding carboxylic acids is 3. The van der Waals surface area contributed by atoms with Crippen molar-refractivity contribution in [3.8, 4) is 0 Å². The van der Waals surface area contributed by atoms with Gasteiger partial charge in [0, 0.05) is 56.2 Å². The number of amides is 3. The summed E-state index contributed by atoms with van der Waals surface area (Å²) in [7, 11) is 0. The van der Waals surface area contributed by atoms with Gasteiger partial charge in [-0.15, -0.1) is 6.58 Å². The van der Waals surface area contributed by atoms with Gasteiger partial charge in [0.2, 0.25) is 11.8 Å². The molecule has 2 aliphatic heterocycles. The third kappa shape index (κ3) is 5.08. The molecule has 0 spiro atoms. The first kappa shape index (κ1) is 26.3. The summed E-state index contributed by atoms with van der Waals surface area (Å²) in [5.41, 5.74) is 0.774. The van der Waals surface area contributed by atoms with Gasteiger partial charge < -0.3 is 24.9 Å². The van der Waals surface area contributed by atoms with E-state index in [0.29, 0.717) is 36.4 Å². The molecule has 8 nitrogen and oxygen atoms in total. The summed E-state index contributed by atoms with van der Waals surface area (Å²) in [5, 5.41) is 21.2. The van der Waals surface area contributed by atoms with Crippen molar-refractivity contribution in [1.82, 2.24) is 4.90 Å². The van der Waals surface area contributed by atoms with Crippen LogP contribution in [0.5, 0.6) is 0 Å². The molecule has 0 saturated carbocycles. The smallest absolute Gasteiger partial charge is 0.264 e. The van der Waals surface area contributed by atoms with Gasteiger partial charge in [-0.1, -0.05) is 55.5 Å². The Bertz CT molecular complexity index is 1210. The van der Waals surface area contributed by atoms with E-state index in [9.17, 15) is 24.6 Å². The van der Waals surface area contributed by atoms with Crippen molar-refractivity contribution in [3.63, 3.8) is 0 Å². The largest absolute Gasteiger partial charge is 0.395 e. The molecule has 8 heteroatoms. The number of anilines is 2. The maximum Gasteiger partial charge on any atom is 0.264 e. The topological polar surface area (TPSA) is 101 Å². The third-order valence-electron chi connectivity index (χ3n) is 7.04. The van der Waals surface area contributed by atoms with E-state index in [4.69, 9.17) is 0 Å². The van der Waals surface area contributed by atoms with Crippen molar-refractivity contribution in [2.45, 2.75) is 31.9 Å². The van der Waals surface area contributed by atoms with Gasteiger partial charge in [-0.25, -0.2) is 0 Å². The zero-order valence-electron chi connectivity index (χ0n) is 21.0. The molecule has 0 bridgehead atoms. The summed E-state index contributed by atoms with van der Waals surface area (Å²) in [6.45, 7) is 6.75. The van der Waals surface area contributed by atoms with E-state index in [1.54, 1.807) is 53.2 Å². The van der Waals surface area contributed by atoms with Crippen molar-refractivity contribution in [2.24, 2.45) is 5.92 Å². The summed E-state index contributed by atoms with van der Waals surface area (Å²) >= 11 is 0. The van der Waals surface area contributed by atoms with Crippen LogP contribution in [0.2, 0.25) is 0 Å². The first-order valence-electron chi connectivity index (χ1n) is 12.5. The van der Waals surface area contributed by atoms with Crippen LogP contribution >= 0.6 is 0 Å². The molecule has 2 aromatic carbocycles. The lowest BCUT2D eigenvalue weighted by Gasteiger charge is -2.32. The van der Waals surface area contributed by atoms with E-state index < -0.39 is 17.4 Å². The Morgan fingerprint density at radius 3 is 2.59 bits per heavy atom. The summed E-state index contributed by atoms with van der Waals surface area (Å²) in [5.74, 6) is -1.28. The van der Waals surface area contributed by atoms with Crippen LogP contribution < -0.4 is 9.80 Å². The molecule has 4 rings (SSSR count). The molecule has 2 atom stereocenters. The highest BCUT2D eigenvalue weighted by Crippen LogP contribution is 2.47. The molecule has 194 valence electrons. The normalized spacial score (nSPS) is 19.6. The van der Waals surface area contributed by atoms with E-state index in [1.807, 2.05) is 30.3 Å². The molecule has 1 saturated heterocycles. The zero-order valence-corrected chi connectivity index (χ0v) is 21.0. The minimum Gasteiger partial charge on any atom is -0.395 e. The fourth-order valence-electron chi connectivity index (χ4n) is 4.86. The highest BCUT2D eigenvalue weighted by Gasteiger charge is 2.52. The zero-order chi connectivity index (χ0) is 26.6. The van der Waals surface area contributed by atoms with Crippen LogP contribution in [0.15, 0.2) is 73.3 Å². The lowest BCUT2D eigenvalue weighted by molar-refractivity contribution is -0.139. The van der Waals surface area contributed by atoms with E-state index >= 15 is 0 Å². The van der Waals surface area contributed by atoms with Gasteiger partial charge in [-0.05, 0) is 23.8 Å². The highest BCUT2D eigenvalue weighted by atomic mass is 16.3. The maximum atomic E-state index is 13.4. The van der Waals surface area contributed by atoms with Crippen LogP contribution in [0.1, 0.15) is 30.9 Å². The molecule has 2 aliphatic rings. The highest BCUT2D eigenvalue weighted by molar-refractivity contribution is 6.08. The SMILES string of the molecule is C=CCN1C(=O)[C@@](O)([C@@H](C)/C=C/CC(=O)N(CCO)Cc2ccccc2)c2cc(N3CCC3=O)ccc21. The minimum atomic E-state index is -1.85. The number of β-lactam (4-membered cyclic amide) rings is 1. The second-order valence-corrected chi connectivity index (χ2v) is 9.41. The molecular weight excluding hydrogens is 470 g/mol. The lowest BCUT2D eigenvalue weighted by Crippen LogP contribution is -2.45. The molecule has 0 radical (unpaired) electrons. The molecule has 0 aliphatic carbocycles. The van der Waals surface area contributed by atoms with Gasteiger partial charge in [0.15, 0.2) is 5.60 Å². The van der Waals surface area contributed by atoms with Crippen LogP contribution in [-0.4, -0.2) is 59.1 Å². The van der Waals surface area contributed by atoms with Crippen LogP contribution in [0, 0.1) is 5.92 Å². The Morgan fingerprint density at radius 2 is 1.97 bits per heavy atom. The van der Waals surface area contributed by atoms with E-state index in [-0.39, 0.29) is 37.9 Å². The van der Waals surface area contributed by atoms with Crippen molar-refractivity contribution >= 4 is 29.1 Å². The Labute approximate surface area is 217 Å². The molecule has 0 aromatic heterocycles. The fraction of sp³-hybridized carbons (Fsp3) is 0.345.